The molecule has 0 aliphatic carbocycles. The number of nitrogens with zero attached hydrogens (tertiary/aromatic N) is 3. The smallest absolute Gasteiger partial charge is 0.246 e. The van der Waals surface area contributed by atoms with E-state index >= 15 is 0 Å². The summed E-state index contributed by atoms with van der Waals surface area (Å²) in [4.78, 5) is 19.7. The first-order valence-electron chi connectivity index (χ1n) is 9.84. The van der Waals surface area contributed by atoms with Crippen LogP contribution in [0.4, 0.5) is 5.69 Å². The summed E-state index contributed by atoms with van der Waals surface area (Å²) >= 11 is 0. The molecule has 154 valence electrons. The second-order valence-corrected chi connectivity index (χ2v) is 6.98. The molecule has 0 spiro atoms. The van der Waals surface area contributed by atoms with Crippen LogP contribution in [0, 0.1) is 0 Å². The normalized spacial score (nSPS) is 12.8. The number of aromatic nitrogens is 2. The van der Waals surface area contributed by atoms with Crippen molar-refractivity contribution in [2.45, 2.75) is 13.1 Å². The van der Waals surface area contributed by atoms with Crippen molar-refractivity contribution < 1.29 is 9.53 Å². The van der Waals surface area contributed by atoms with Gasteiger partial charge in [0, 0.05) is 36.9 Å². The van der Waals surface area contributed by atoms with E-state index in [0.29, 0.717) is 13.1 Å². The van der Waals surface area contributed by atoms with Crippen LogP contribution in [0.2, 0.25) is 0 Å². The Morgan fingerprint density at radius 1 is 1.13 bits per heavy atom. The number of rotatable bonds is 6. The van der Waals surface area contributed by atoms with Gasteiger partial charge < -0.3 is 24.8 Å². The lowest BCUT2D eigenvalue weighted by Gasteiger charge is -2.22. The number of carbonyl (C=O) groups excluding carboxylic acids is 1. The Labute approximate surface area is 176 Å². The van der Waals surface area contributed by atoms with Crippen LogP contribution in [-0.2, 0) is 17.9 Å². The van der Waals surface area contributed by atoms with Crippen LogP contribution in [0.15, 0.2) is 67.1 Å². The number of methoxy groups -OCH3 is 1. The molecule has 30 heavy (non-hydrogen) atoms. The van der Waals surface area contributed by atoms with Crippen molar-refractivity contribution in [2.75, 3.05) is 25.6 Å². The molecule has 7 nitrogen and oxygen atoms in total. The lowest BCUT2D eigenvalue weighted by molar-refractivity contribution is -0.117. The topological polar surface area (TPSA) is 71.4 Å². The second kappa shape index (κ2) is 8.73. The largest absolute Gasteiger partial charge is 0.496 e. The zero-order valence-electron chi connectivity index (χ0n) is 17.1. The van der Waals surface area contributed by atoms with Gasteiger partial charge in [0.05, 0.1) is 32.4 Å². The van der Waals surface area contributed by atoms with E-state index in [1.165, 1.54) is 0 Å². The van der Waals surface area contributed by atoms with Crippen LogP contribution in [-0.4, -0.2) is 36.2 Å². The first-order chi connectivity index (χ1) is 14.7. The Hall–Kier alpha value is -3.74. The van der Waals surface area contributed by atoms with Crippen molar-refractivity contribution in [1.82, 2.24) is 20.2 Å². The number of benzene rings is 2. The molecule has 2 N–H and O–H groups in total. The predicted octanol–water partition coefficient (Wildman–Crippen LogP) is 2.73. The third-order valence-corrected chi connectivity index (χ3v) is 5.09. The number of para-hydroxylation sites is 2. The van der Waals surface area contributed by atoms with Crippen molar-refractivity contribution in [1.29, 1.82) is 0 Å². The van der Waals surface area contributed by atoms with Crippen molar-refractivity contribution in [3.05, 3.63) is 78.5 Å². The summed E-state index contributed by atoms with van der Waals surface area (Å²) in [5, 5.41) is 5.92. The van der Waals surface area contributed by atoms with Crippen LogP contribution < -0.4 is 20.3 Å². The van der Waals surface area contributed by atoms with E-state index in [2.05, 4.69) is 21.3 Å². The minimum absolute atomic E-state index is 0.0153. The Bertz CT molecular complexity index is 1070. The highest BCUT2D eigenvalue weighted by Gasteiger charge is 2.25. The van der Waals surface area contributed by atoms with E-state index in [9.17, 15) is 4.79 Å². The SMILES string of the molecule is CN/C=C\NCC(=O)N1Cc2nc(-c3ccccc3OC)cn2Cc2ccccc21. The Morgan fingerprint density at radius 3 is 2.77 bits per heavy atom. The standard InChI is InChI=1S/C23H25N5O2/c1-24-11-12-25-13-23(29)28-16-22-26-19(18-8-4-6-10-21(18)30-2)15-27(22)14-17-7-3-5-9-20(17)28/h3-12,15,24-25H,13-14,16H2,1-2H3/b12-11-. The zero-order chi connectivity index (χ0) is 20.9. The fourth-order valence-corrected chi connectivity index (χ4v) is 3.63. The van der Waals surface area contributed by atoms with E-state index in [1.807, 2.05) is 55.7 Å². The molecule has 0 unspecified atom stereocenters. The molecule has 1 aliphatic rings. The molecule has 0 saturated heterocycles. The van der Waals surface area contributed by atoms with Gasteiger partial charge in [-0.25, -0.2) is 4.98 Å². The maximum atomic E-state index is 13.0. The molecule has 0 bridgehead atoms. The van der Waals surface area contributed by atoms with Crippen molar-refractivity contribution in [3.8, 4) is 17.0 Å². The Kier molecular flexibility index (Phi) is 5.70. The summed E-state index contributed by atoms with van der Waals surface area (Å²) in [6.45, 7) is 1.26. The molecular weight excluding hydrogens is 378 g/mol. The highest BCUT2D eigenvalue weighted by molar-refractivity contribution is 5.95. The number of hydrogen-bond donors (Lipinski definition) is 2. The van der Waals surface area contributed by atoms with E-state index < -0.39 is 0 Å². The van der Waals surface area contributed by atoms with Gasteiger partial charge in [-0.2, -0.15) is 0 Å². The first-order valence-corrected chi connectivity index (χ1v) is 9.84. The molecule has 0 radical (unpaired) electrons. The summed E-state index contributed by atoms with van der Waals surface area (Å²) in [7, 11) is 3.47. The van der Waals surface area contributed by atoms with Gasteiger partial charge in [-0.3, -0.25) is 4.79 Å². The molecule has 2 heterocycles. The zero-order valence-corrected chi connectivity index (χ0v) is 17.1. The molecule has 7 heteroatoms. The number of ether oxygens (including phenoxy) is 1. The highest BCUT2D eigenvalue weighted by Crippen LogP contribution is 2.32. The van der Waals surface area contributed by atoms with Crippen LogP contribution in [0.5, 0.6) is 5.75 Å². The van der Waals surface area contributed by atoms with Gasteiger partial charge in [-0.15, -0.1) is 0 Å². The van der Waals surface area contributed by atoms with Gasteiger partial charge in [0.15, 0.2) is 0 Å². The number of imidazole rings is 1. The number of amides is 1. The van der Waals surface area contributed by atoms with Gasteiger partial charge in [-0.1, -0.05) is 30.3 Å². The molecule has 2 aromatic carbocycles. The van der Waals surface area contributed by atoms with Crippen LogP contribution in [0.25, 0.3) is 11.3 Å². The third kappa shape index (κ3) is 3.87. The quantitative estimate of drug-likeness (QED) is 0.662. The van der Waals surface area contributed by atoms with Crippen LogP contribution in [0.3, 0.4) is 0 Å². The minimum Gasteiger partial charge on any atom is -0.496 e. The minimum atomic E-state index is -0.0153. The lowest BCUT2D eigenvalue weighted by Crippen LogP contribution is -2.37. The molecule has 3 aromatic rings. The van der Waals surface area contributed by atoms with Gasteiger partial charge >= 0.3 is 0 Å². The Morgan fingerprint density at radius 2 is 1.93 bits per heavy atom. The fourth-order valence-electron chi connectivity index (χ4n) is 3.63. The molecule has 0 saturated carbocycles. The number of hydrogen-bond acceptors (Lipinski definition) is 5. The van der Waals surface area contributed by atoms with Crippen molar-refractivity contribution in [2.24, 2.45) is 0 Å². The van der Waals surface area contributed by atoms with Gasteiger partial charge in [0.25, 0.3) is 0 Å². The first kappa shape index (κ1) is 19.6. The average Bonchev–Trinajstić information content (AvgIpc) is 3.10. The number of carbonyl (C=O) groups is 1. The molecule has 1 aliphatic heterocycles. The number of anilines is 1. The summed E-state index contributed by atoms with van der Waals surface area (Å²) in [6, 6.07) is 15.8. The molecule has 1 aromatic heterocycles. The lowest BCUT2D eigenvalue weighted by atomic mass is 10.1. The predicted molar refractivity (Wildman–Crippen MR) is 117 cm³/mol. The molecule has 4 rings (SSSR count). The van der Waals surface area contributed by atoms with Crippen molar-refractivity contribution >= 4 is 11.6 Å². The van der Waals surface area contributed by atoms with E-state index in [0.717, 1.165) is 34.1 Å². The third-order valence-electron chi connectivity index (χ3n) is 5.09. The average molecular weight is 403 g/mol. The summed E-state index contributed by atoms with van der Waals surface area (Å²) in [5.41, 5.74) is 3.78. The summed E-state index contributed by atoms with van der Waals surface area (Å²) in [5.74, 6) is 1.60. The maximum absolute atomic E-state index is 13.0. The van der Waals surface area contributed by atoms with Gasteiger partial charge in [0.2, 0.25) is 5.91 Å². The molecule has 0 fully saturated rings. The fraction of sp³-hybridized carbons (Fsp3) is 0.217. The molecular formula is C23H25N5O2. The summed E-state index contributed by atoms with van der Waals surface area (Å²) in [6.07, 6.45) is 5.50. The molecule has 0 atom stereocenters. The second-order valence-electron chi connectivity index (χ2n) is 6.98. The maximum Gasteiger partial charge on any atom is 0.246 e. The van der Waals surface area contributed by atoms with E-state index in [-0.39, 0.29) is 12.5 Å². The molecule has 1 amide bonds. The monoisotopic (exact) mass is 403 g/mol. The van der Waals surface area contributed by atoms with E-state index in [1.54, 1.807) is 24.4 Å². The summed E-state index contributed by atoms with van der Waals surface area (Å²) < 4.78 is 7.62. The van der Waals surface area contributed by atoms with Crippen molar-refractivity contribution in [3.63, 3.8) is 0 Å². The number of nitrogens with one attached hydrogen (secondary N) is 2. The van der Waals surface area contributed by atoms with E-state index in [4.69, 9.17) is 9.72 Å². The van der Waals surface area contributed by atoms with Crippen LogP contribution in [0.1, 0.15) is 11.4 Å². The highest BCUT2D eigenvalue weighted by atomic mass is 16.5. The van der Waals surface area contributed by atoms with Gasteiger partial charge in [0.1, 0.15) is 11.6 Å². The number of fused-ring (bicyclic) bond motifs is 2. The van der Waals surface area contributed by atoms with Gasteiger partial charge in [-0.05, 0) is 23.8 Å². The Balaban J connectivity index is 1.68. The van der Waals surface area contributed by atoms with Crippen LogP contribution >= 0.6 is 0 Å².